The highest BCUT2D eigenvalue weighted by atomic mass is 19.1. The smallest absolute Gasteiger partial charge is 0.269 e. The molecule has 0 aliphatic heterocycles. The fraction of sp³-hybridized carbons (Fsp3) is 0.333. The van der Waals surface area contributed by atoms with E-state index < -0.39 is 5.82 Å². The lowest BCUT2D eigenvalue weighted by molar-refractivity contribution is 0.0941. The second-order valence-electron chi connectivity index (χ2n) is 5.21. The number of nitrogens with zero attached hydrogens (tertiary/aromatic N) is 2. The van der Waals surface area contributed by atoms with Crippen molar-refractivity contribution in [3.8, 4) is 18.1 Å². The van der Waals surface area contributed by atoms with E-state index in [4.69, 9.17) is 11.2 Å². The van der Waals surface area contributed by atoms with Crippen molar-refractivity contribution >= 4 is 5.91 Å². The van der Waals surface area contributed by atoms with E-state index in [2.05, 4.69) is 16.3 Å². The maximum absolute atomic E-state index is 14.3. The van der Waals surface area contributed by atoms with Crippen molar-refractivity contribution in [3.63, 3.8) is 0 Å². The van der Waals surface area contributed by atoms with Gasteiger partial charge in [0.05, 0.1) is 12.3 Å². The molecule has 0 saturated heterocycles. The van der Waals surface area contributed by atoms with E-state index in [0.717, 1.165) is 12.1 Å². The van der Waals surface area contributed by atoms with Crippen molar-refractivity contribution in [2.75, 3.05) is 6.61 Å². The van der Waals surface area contributed by atoms with Crippen LogP contribution in [0.4, 0.5) is 4.39 Å². The molecular formula is C18H20FN3O2. The van der Waals surface area contributed by atoms with Gasteiger partial charge in [-0.3, -0.25) is 9.48 Å². The highest BCUT2D eigenvalue weighted by Crippen LogP contribution is 2.20. The molecule has 0 bridgehead atoms. The topological polar surface area (TPSA) is 56.1 Å². The summed E-state index contributed by atoms with van der Waals surface area (Å²) in [5.74, 6) is 1.77. The molecule has 0 aliphatic carbocycles. The van der Waals surface area contributed by atoms with Crippen molar-refractivity contribution in [2.24, 2.45) is 7.05 Å². The lowest BCUT2D eigenvalue weighted by Crippen LogP contribution is -2.25. The number of rotatable bonds is 7. The van der Waals surface area contributed by atoms with Crippen molar-refractivity contribution in [1.29, 1.82) is 0 Å². The number of terminal acetylenes is 1. The molecule has 1 aromatic carbocycles. The maximum atomic E-state index is 14.3. The third kappa shape index (κ3) is 4.13. The van der Waals surface area contributed by atoms with Gasteiger partial charge in [0.1, 0.15) is 5.69 Å². The Bertz CT molecular complexity index is 762. The quantitative estimate of drug-likeness (QED) is 0.627. The average Bonchev–Trinajstić information content (AvgIpc) is 2.96. The number of benzene rings is 1. The van der Waals surface area contributed by atoms with Crippen molar-refractivity contribution in [2.45, 2.75) is 26.3 Å². The third-order valence-electron chi connectivity index (χ3n) is 3.51. The first-order valence-electron chi connectivity index (χ1n) is 7.71. The van der Waals surface area contributed by atoms with Crippen molar-refractivity contribution < 1.29 is 13.9 Å². The number of nitrogens with one attached hydrogen (secondary N) is 1. The highest BCUT2D eigenvalue weighted by Gasteiger charge is 2.14. The van der Waals surface area contributed by atoms with Crippen LogP contribution >= 0.6 is 0 Å². The molecule has 1 amide bonds. The third-order valence-corrected chi connectivity index (χ3v) is 3.51. The summed E-state index contributed by atoms with van der Waals surface area (Å²) in [4.78, 5) is 12.2. The van der Waals surface area contributed by atoms with E-state index in [1.54, 1.807) is 25.2 Å². The maximum Gasteiger partial charge on any atom is 0.269 e. The molecule has 0 aliphatic rings. The summed E-state index contributed by atoms with van der Waals surface area (Å²) >= 11 is 0. The lowest BCUT2D eigenvalue weighted by atomic mass is 10.2. The standard InChI is InChI=1S/C18H20FN3O2/c1-4-6-10-24-16-9-7-8-13(17(16)19)12-20-18(23)15-11-14(5-2)21-22(15)3/h1,7-9,11H,5-6,10,12H2,2-3H3,(H,20,23). The van der Waals surface area contributed by atoms with E-state index in [1.165, 1.54) is 10.7 Å². The molecule has 6 heteroatoms. The molecule has 2 aromatic rings. The molecule has 0 saturated carbocycles. The van der Waals surface area contributed by atoms with Crippen LogP contribution in [0.1, 0.15) is 35.1 Å². The van der Waals surface area contributed by atoms with Gasteiger partial charge in [-0.2, -0.15) is 5.10 Å². The second kappa shape index (κ2) is 8.16. The van der Waals surface area contributed by atoms with Gasteiger partial charge < -0.3 is 10.1 Å². The van der Waals surface area contributed by atoms with Crippen LogP contribution in [0.3, 0.4) is 0 Å². The van der Waals surface area contributed by atoms with Gasteiger partial charge in [0.15, 0.2) is 11.6 Å². The van der Waals surface area contributed by atoms with E-state index >= 15 is 0 Å². The number of ether oxygens (including phenoxy) is 1. The average molecular weight is 329 g/mol. The van der Waals surface area contributed by atoms with E-state index in [1.807, 2.05) is 6.92 Å². The van der Waals surface area contributed by atoms with Crippen LogP contribution in [0.25, 0.3) is 0 Å². The monoisotopic (exact) mass is 329 g/mol. The summed E-state index contributed by atoms with van der Waals surface area (Å²) in [5.41, 5.74) is 1.62. The van der Waals surface area contributed by atoms with E-state index in [9.17, 15) is 9.18 Å². The fourth-order valence-electron chi connectivity index (χ4n) is 2.20. The zero-order valence-corrected chi connectivity index (χ0v) is 13.8. The Balaban J connectivity index is 2.03. The normalized spacial score (nSPS) is 10.2. The fourth-order valence-corrected chi connectivity index (χ4v) is 2.20. The number of halogens is 1. The molecule has 5 nitrogen and oxygen atoms in total. The Morgan fingerprint density at radius 1 is 1.50 bits per heavy atom. The Kier molecular flexibility index (Phi) is 5.96. The van der Waals surface area contributed by atoms with Crippen LogP contribution in [0.2, 0.25) is 0 Å². The summed E-state index contributed by atoms with van der Waals surface area (Å²) in [5, 5.41) is 6.93. The Labute approximate surface area is 140 Å². The molecular weight excluding hydrogens is 309 g/mol. The second-order valence-corrected chi connectivity index (χ2v) is 5.21. The van der Waals surface area contributed by atoms with Crippen LogP contribution in [0.5, 0.6) is 5.75 Å². The Morgan fingerprint density at radius 3 is 2.96 bits per heavy atom. The van der Waals surface area contributed by atoms with Crippen LogP contribution in [0.15, 0.2) is 24.3 Å². The SMILES string of the molecule is C#CCCOc1cccc(CNC(=O)c2cc(CC)nn2C)c1F. The van der Waals surface area contributed by atoms with Gasteiger partial charge >= 0.3 is 0 Å². The van der Waals surface area contributed by atoms with Gasteiger partial charge in [0.25, 0.3) is 5.91 Å². The summed E-state index contributed by atoms with van der Waals surface area (Å²) in [6.07, 6.45) is 6.29. The first kappa shape index (κ1) is 17.5. The van der Waals surface area contributed by atoms with Crippen molar-refractivity contribution in [3.05, 3.63) is 47.0 Å². The highest BCUT2D eigenvalue weighted by molar-refractivity contribution is 5.92. The molecule has 0 fully saturated rings. The largest absolute Gasteiger partial charge is 0.490 e. The molecule has 24 heavy (non-hydrogen) atoms. The van der Waals surface area contributed by atoms with E-state index in [0.29, 0.717) is 17.7 Å². The summed E-state index contributed by atoms with van der Waals surface area (Å²) in [6.45, 7) is 2.27. The molecule has 0 unspecified atom stereocenters. The van der Waals surface area contributed by atoms with Gasteiger partial charge in [-0.05, 0) is 18.6 Å². The lowest BCUT2D eigenvalue weighted by Gasteiger charge is -2.10. The minimum Gasteiger partial charge on any atom is -0.490 e. The zero-order chi connectivity index (χ0) is 17.5. The van der Waals surface area contributed by atoms with Gasteiger partial charge in [-0.15, -0.1) is 12.3 Å². The van der Waals surface area contributed by atoms with Crippen molar-refractivity contribution in [1.82, 2.24) is 15.1 Å². The number of amides is 1. The molecule has 0 spiro atoms. The molecule has 126 valence electrons. The van der Waals surface area contributed by atoms with Crippen LogP contribution < -0.4 is 10.1 Å². The number of hydrogen-bond acceptors (Lipinski definition) is 3. The Morgan fingerprint density at radius 2 is 2.29 bits per heavy atom. The summed E-state index contributed by atoms with van der Waals surface area (Å²) in [6, 6.07) is 6.54. The molecule has 1 N–H and O–H groups in total. The number of hydrogen-bond donors (Lipinski definition) is 1. The number of aryl methyl sites for hydroxylation is 2. The first-order chi connectivity index (χ1) is 11.6. The van der Waals surface area contributed by atoms with Crippen LogP contribution in [0, 0.1) is 18.2 Å². The Hall–Kier alpha value is -2.81. The molecule has 2 rings (SSSR count). The molecule has 1 heterocycles. The van der Waals surface area contributed by atoms with Crippen LogP contribution in [-0.2, 0) is 20.0 Å². The number of aromatic nitrogens is 2. The predicted octanol–water partition coefficient (Wildman–Crippen LogP) is 2.45. The van der Waals surface area contributed by atoms with Gasteiger partial charge in [-0.25, -0.2) is 4.39 Å². The summed E-state index contributed by atoms with van der Waals surface area (Å²) in [7, 11) is 1.70. The van der Waals surface area contributed by atoms with Gasteiger partial charge in [0, 0.05) is 25.6 Å². The van der Waals surface area contributed by atoms with Gasteiger partial charge in [-0.1, -0.05) is 19.1 Å². The minimum atomic E-state index is -0.492. The first-order valence-corrected chi connectivity index (χ1v) is 7.71. The molecule has 0 atom stereocenters. The number of carbonyl (C=O) groups excluding carboxylic acids is 1. The predicted molar refractivity (Wildman–Crippen MR) is 89.1 cm³/mol. The minimum absolute atomic E-state index is 0.0592. The number of carbonyl (C=O) groups is 1. The van der Waals surface area contributed by atoms with E-state index in [-0.39, 0.29) is 24.8 Å². The molecule has 0 radical (unpaired) electrons. The summed E-state index contributed by atoms with van der Waals surface area (Å²) < 4.78 is 21.2. The zero-order valence-electron chi connectivity index (χ0n) is 13.8. The van der Waals surface area contributed by atoms with Crippen LogP contribution in [-0.4, -0.2) is 22.3 Å². The molecule has 1 aromatic heterocycles. The van der Waals surface area contributed by atoms with Gasteiger partial charge in [0.2, 0.25) is 0 Å².